The standard InChI is InChI=1S/C16H19N3OS/c1-12-16(19-9-3-5-13(19)11-17)20-15(18-12)8-2-6-14-7-4-10-21-14/h4,7,10,13H,2-3,5-6,8-9H2,1H3. The molecule has 110 valence electrons. The second-order valence-electron chi connectivity index (χ2n) is 5.41. The molecule has 2 aromatic rings. The van der Waals surface area contributed by atoms with Gasteiger partial charge in [-0.25, -0.2) is 4.98 Å². The van der Waals surface area contributed by atoms with E-state index in [1.807, 2.05) is 6.92 Å². The summed E-state index contributed by atoms with van der Waals surface area (Å²) in [6, 6.07) is 6.54. The number of thiophene rings is 1. The molecule has 3 rings (SSSR count). The number of hydrogen-bond acceptors (Lipinski definition) is 5. The van der Waals surface area contributed by atoms with Crippen molar-refractivity contribution in [2.45, 2.75) is 45.1 Å². The molecular formula is C16H19N3OS. The van der Waals surface area contributed by atoms with Crippen LogP contribution in [0.3, 0.4) is 0 Å². The molecule has 0 bridgehead atoms. The SMILES string of the molecule is Cc1nc(CCCc2cccs2)oc1N1CCCC1C#N. The van der Waals surface area contributed by atoms with Crippen LogP contribution in [0.5, 0.6) is 0 Å². The molecule has 0 N–H and O–H groups in total. The van der Waals surface area contributed by atoms with Crippen LogP contribution in [0.1, 0.15) is 35.7 Å². The van der Waals surface area contributed by atoms with Crippen LogP contribution in [-0.2, 0) is 12.8 Å². The Hall–Kier alpha value is -1.80. The maximum Gasteiger partial charge on any atom is 0.220 e. The minimum absolute atomic E-state index is 0.0596. The summed E-state index contributed by atoms with van der Waals surface area (Å²) in [5.74, 6) is 1.59. The van der Waals surface area contributed by atoms with Crippen LogP contribution in [-0.4, -0.2) is 17.6 Å². The molecule has 1 saturated heterocycles. The van der Waals surface area contributed by atoms with E-state index in [0.29, 0.717) is 0 Å². The second kappa shape index (κ2) is 6.31. The number of hydrogen-bond donors (Lipinski definition) is 0. The second-order valence-corrected chi connectivity index (χ2v) is 6.44. The number of anilines is 1. The van der Waals surface area contributed by atoms with Crippen molar-refractivity contribution < 1.29 is 4.42 Å². The van der Waals surface area contributed by atoms with E-state index in [2.05, 4.69) is 33.5 Å². The number of aromatic nitrogens is 1. The summed E-state index contributed by atoms with van der Waals surface area (Å²) in [6.07, 6.45) is 4.93. The molecule has 4 nitrogen and oxygen atoms in total. The number of aryl methyl sites for hydroxylation is 3. The van der Waals surface area contributed by atoms with Crippen LogP contribution in [0.25, 0.3) is 0 Å². The summed E-state index contributed by atoms with van der Waals surface area (Å²) in [4.78, 5) is 7.99. The quantitative estimate of drug-likeness (QED) is 0.844. The molecule has 1 fully saturated rings. The van der Waals surface area contributed by atoms with E-state index >= 15 is 0 Å². The first-order valence-corrected chi connectivity index (χ1v) is 8.31. The van der Waals surface area contributed by atoms with E-state index in [0.717, 1.165) is 56.1 Å². The van der Waals surface area contributed by atoms with Gasteiger partial charge in [0.25, 0.3) is 0 Å². The first kappa shape index (κ1) is 14.2. The Bertz CT molecular complexity index is 626. The summed E-state index contributed by atoms with van der Waals surface area (Å²) >= 11 is 1.79. The van der Waals surface area contributed by atoms with Crippen molar-refractivity contribution in [3.63, 3.8) is 0 Å². The summed E-state index contributed by atoms with van der Waals surface area (Å²) in [5, 5.41) is 11.3. The Kier molecular flexibility index (Phi) is 4.26. The Morgan fingerprint density at radius 2 is 2.43 bits per heavy atom. The average molecular weight is 301 g/mol. The Morgan fingerprint density at radius 1 is 1.52 bits per heavy atom. The van der Waals surface area contributed by atoms with Gasteiger partial charge in [0.05, 0.1) is 6.07 Å². The maximum absolute atomic E-state index is 9.19. The summed E-state index contributed by atoms with van der Waals surface area (Å²) in [7, 11) is 0. The van der Waals surface area contributed by atoms with Gasteiger partial charge in [0.15, 0.2) is 5.89 Å². The zero-order chi connectivity index (χ0) is 14.7. The van der Waals surface area contributed by atoms with E-state index in [-0.39, 0.29) is 6.04 Å². The average Bonchev–Trinajstić information content (AvgIpc) is 3.19. The van der Waals surface area contributed by atoms with E-state index in [4.69, 9.17) is 4.42 Å². The highest BCUT2D eigenvalue weighted by atomic mass is 32.1. The number of nitriles is 1. The van der Waals surface area contributed by atoms with Crippen LogP contribution in [0.4, 0.5) is 5.88 Å². The van der Waals surface area contributed by atoms with Gasteiger partial charge in [-0.15, -0.1) is 11.3 Å². The molecule has 2 aromatic heterocycles. The van der Waals surface area contributed by atoms with Crippen molar-refractivity contribution in [1.82, 2.24) is 4.98 Å². The van der Waals surface area contributed by atoms with E-state index in [1.54, 1.807) is 11.3 Å². The first-order valence-electron chi connectivity index (χ1n) is 7.43. The summed E-state index contributed by atoms with van der Waals surface area (Å²) < 4.78 is 5.92. The molecule has 0 aromatic carbocycles. The van der Waals surface area contributed by atoms with Crippen molar-refractivity contribution in [3.8, 4) is 6.07 Å². The largest absolute Gasteiger partial charge is 0.425 e. The fourth-order valence-corrected chi connectivity index (χ4v) is 3.58. The van der Waals surface area contributed by atoms with Crippen molar-refractivity contribution in [2.24, 2.45) is 0 Å². The van der Waals surface area contributed by atoms with Gasteiger partial charge in [0.1, 0.15) is 11.7 Å². The van der Waals surface area contributed by atoms with Crippen molar-refractivity contribution >= 4 is 17.2 Å². The highest BCUT2D eigenvalue weighted by Gasteiger charge is 2.28. The third-order valence-electron chi connectivity index (χ3n) is 3.87. The van der Waals surface area contributed by atoms with Crippen LogP contribution < -0.4 is 4.90 Å². The van der Waals surface area contributed by atoms with Crippen molar-refractivity contribution in [2.75, 3.05) is 11.4 Å². The van der Waals surface area contributed by atoms with Crippen LogP contribution in [0.15, 0.2) is 21.9 Å². The molecule has 3 heterocycles. The lowest BCUT2D eigenvalue weighted by atomic mass is 10.2. The number of nitrogens with zero attached hydrogens (tertiary/aromatic N) is 3. The summed E-state index contributed by atoms with van der Waals surface area (Å²) in [5.41, 5.74) is 0.906. The fraction of sp³-hybridized carbons (Fsp3) is 0.500. The molecule has 1 unspecified atom stereocenters. The van der Waals surface area contributed by atoms with Gasteiger partial charge in [-0.3, -0.25) is 0 Å². The molecular weight excluding hydrogens is 282 g/mol. The summed E-state index contributed by atoms with van der Waals surface area (Å²) in [6.45, 7) is 2.86. The lowest BCUT2D eigenvalue weighted by Crippen LogP contribution is -2.27. The predicted molar refractivity (Wildman–Crippen MR) is 83.6 cm³/mol. The lowest BCUT2D eigenvalue weighted by molar-refractivity contribution is 0.480. The molecule has 0 spiro atoms. The van der Waals surface area contributed by atoms with Gasteiger partial charge in [0, 0.05) is 17.8 Å². The molecule has 5 heteroatoms. The van der Waals surface area contributed by atoms with Crippen LogP contribution >= 0.6 is 11.3 Å². The van der Waals surface area contributed by atoms with E-state index < -0.39 is 0 Å². The van der Waals surface area contributed by atoms with E-state index in [1.165, 1.54) is 4.88 Å². The maximum atomic E-state index is 9.19. The first-order chi connectivity index (χ1) is 10.3. The highest BCUT2D eigenvalue weighted by Crippen LogP contribution is 2.29. The molecule has 0 amide bonds. The van der Waals surface area contributed by atoms with Crippen molar-refractivity contribution in [1.29, 1.82) is 5.26 Å². The van der Waals surface area contributed by atoms with Crippen LogP contribution in [0.2, 0.25) is 0 Å². The van der Waals surface area contributed by atoms with Gasteiger partial charge in [0.2, 0.25) is 5.88 Å². The Balaban J connectivity index is 1.63. The minimum Gasteiger partial charge on any atom is -0.425 e. The highest BCUT2D eigenvalue weighted by molar-refractivity contribution is 7.09. The van der Waals surface area contributed by atoms with Gasteiger partial charge < -0.3 is 9.32 Å². The molecule has 21 heavy (non-hydrogen) atoms. The third-order valence-corrected chi connectivity index (χ3v) is 4.81. The van der Waals surface area contributed by atoms with E-state index in [9.17, 15) is 5.26 Å². The van der Waals surface area contributed by atoms with Gasteiger partial charge >= 0.3 is 0 Å². The molecule has 1 aliphatic heterocycles. The van der Waals surface area contributed by atoms with Crippen molar-refractivity contribution in [3.05, 3.63) is 34.0 Å². The topological polar surface area (TPSA) is 53.1 Å². The third kappa shape index (κ3) is 3.11. The zero-order valence-corrected chi connectivity index (χ0v) is 13.0. The fourth-order valence-electron chi connectivity index (χ4n) is 2.83. The number of oxazole rings is 1. The number of rotatable bonds is 5. The minimum atomic E-state index is -0.0596. The van der Waals surface area contributed by atoms with Gasteiger partial charge in [-0.2, -0.15) is 5.26 Å². The normalized spacial score (nSPS) is 18.1. The monoisotopic (exact) mass is 301 g/mol. The lowest BCUT2D eigenvalue weighted by Gasteiger charge is -2.18. The smallest absolute Gasteiger partial charge is 0.220 e. The molecule has 1 atom stereocenters. The van der Waals surface area contributed by atoms with Crippen LogP contribution in [0, 0.1) is 18.3 Å². The van der Waals surface area contributed by atoms with Gasteiger partial charge in [-0.05, 0) is 44.1 Å². The Morgan fingerprint density at radius 3 is 3.19 bits per heavy atom. The molecule has 0 radical (unpaired) electrons. The Labute approximate surface area is 129 Å². The molecule has 1 aliphatic rings. The van der Waals surface area contributed by atoms with Gasteiger partial charge in [-0.1, -0.05) is 6.07 Å². The molecule has 0 aliphatic carbocycles. The molecule has 0 saturated carbocycles. The predicted octanol–water partition coefficient (Wildman–Crippen LogP) is 3.71. The zero-order valence-electron chi connectivity index (χ0n) is 12.2.